The molecule has 0 heterocycles. The summed E-state index contributed by atoms with van der Waals surface area (Å²) >= 11 is 0. The second-order valence-corrected chi connectivity index (χ2v) is 6.11. The molecule has 0 spiro atoms. The monoisotopic (exact) mass is 337 g/mol. The minimum Gasteiger partial charge on any atom is -0.490 e. The number of carboxylic acid groups (broad SMARTS) is 1. The molecule has 0 amide bonds. The van der Waals surface area contributed by atoms with Gasteiger partial charge in [-0.3, -0.25) is 4.79 Å². The third-order valence-corrected chi connectivity index (χ3v) is 4.11. The van der Waals surface area contributed by atoms with Crippen molar-refractivity contribution in [3.63, 3.8) is 0 Å². The Labute approximate surface area is 145 Å². The summed E-state index contributed by atoms with van der Waals surface area (Å²) in [6.07, 6.45) is 3.46. The molecule has 0 aliphatic rings. The summed E-state index contributed by atoms with van der Waals surface area (Å²) in [5.74, 6) is 0.715. The van der Waals surface area contributed by atoms with Crippen LogP contribution in [0, 0.1) is 11.8 Å². The number of aryl methyl sites for hydroxylation is 1. The highest BCUT2D eigenvalue weighted by Gasteiger charge is 2.19. The van der Waals surface area contributed by atoms with Gasteiger partial charge in [0.05, 0.1) is 19.1 Å². The van der Waals surface area contributed by atoms with Crippen molar-refractivity contribution in [2.75, 3.05) is 19.8 Å². The maximum Gasteiger partial charge on any atom is 0.307 e. The summed E-state index contributed by atoms with van der Waals surface area (Å²) in [6, 6.07) is 5.98. The van der Waals surface area contributed by atoms with E-state index in [0.717, 1.165) is 36.3 Å². The number of rotatable bonds is 12. The number of hydrogen-bond acceptors (Lipinski definition) is 4. The Morgan fingerprint density at radius 2 is 1.96 bits per heavy atom. The van der Waals surface area contributed by atoms with Crippen molar-refractivity contribution >= 4 is 5.97 Å². The van der Waals surface area contributed by atoms with Crippen LogP contribution in [0.3, 0.4) is 0 Å². The number of hydrogen-bond donors (Lipinski definition) is 2. The Kier molecular flexibility index (Phi) is 9.23. The maximum atomic E-state index is 11.1. The average Bonchev–Trinajstić information content (AvgIpc) is 2.55. The molecule has 5 heteroatoms. The highest BCUT2D eigenvalue weighted by Crippen LogP contribution is 2.33. The fourth-order valence-electron chi connectivity index (χ4n) is 2.88. The first kappa shape index (κ1) is 20.3. The molecule has 136 valence electrons. The van der Waals surface area contributed by atoms with Gasteiger partial charge in [0, 0.05) is 6.54 Å². The number of para-hydroxylation sites is 1. The van der Waals surface area contributed by atoms with Crippen molar-refractivity contribution in [3.05, 3.63) is 23.8 Å². The minimum absolute atomic E-state index is 0.199. The van der Waals surface area contributed by atoms with E-state index in [0.29, 0.717) is 25.6 Å². The van der Waals surface area contributed by atoms with Gasteiger partial charge in [0.1, 0.15) is 0 Å². The molecular weight excluding hydrogens is 306 g/mol. The molecule has 1 aromatic carbocycles. The van der Waals surface area contributed by atoms with Crippen LogP contribution in [-0.2, 0) is 11.2 Å². The number of carboxylic acids is 1. The zero-order valence-electron chi connectivity index (χ0n) is 15.1. The van der Waals surface area contributed by atoms with E-state index in [9.17, 15) is 4.79 Å². The molecule has 3 N–H and O–H groups in total. The quantitative estimate of drug-likeness (QED) is 0.610. The second-order valence-electron chi connectivity index (χ2n) is 6.11. The van der Waals surface area contributed by atoms with Crippen LogP contribution >= 0.6 is 0 Å². The van der Waals surface area contributed by atoms with Gasteiger partial charge in [0.15, 0.2) is 11.5 Å². The van der Waals surface area contributed by atoms with E-state index in [2.05, 4.69) is 13.0 Å². The molecule has 2 atom stereocenters. The van der Waals surface area contributed by atoms with Crippen molar-refractivity contribution in [1.29, 1.82) is 0 Å². The van der Waals surface area contributed by atoms with Gasteiger partial charge in [0.25, 0.3) is 0 Å². The highest BCUT2D eigenvalue weighted by atomic mass is 16.5. The normalized spacial score (nSPS) is 13.3. The van der Waals surface area contributed by atoms with E-state index in [1.54, 1.807) is 0 Å². The Hall–Kier alpha value is -1.75. The van der Waals surface area contributed by atoms with E-state index < -0.39 is 11.9 Å². The molecule has 0 saturated heterocycles. The summed E-state index contributed by atoms with van der Waals surface area (Å²) in [7, 11) is 0. The molecular formula is C19H31NO4. The van der Waals surface area contributed by atoms with Gasteiger partial charge in [0.2, 0.25) is 0 Å². The van der Waals surface area contributed by atoms with Gasteiger partial charge in [-0.1, -0.05) is 25.5 Å². The van der Waals surface area contributed by atoms with E-state index >= 15 is 0 Å². The summed E-state index contributed by atoms with van der Waals surface area (Å²) in [5.41, 5.74) is 6.67. The molecule has 24 heavy (non-hydrogen) atoms. The van der Waals surface area contributed by atoms with Crippen molar-refractivity contribution in [3.8, 4) is 11.5 Å². The third-order valence-electron chi connectivity index (χ3n) is 4.11. The van der Waals surface area contributed by atoms with E-state index in [4.69, 9.17) is 20.3 Å². The predicted octanol–water partition coefficient (Wildman–Crippen LogP) is 3.49. The number of nitrogens with two attached hydrogens (primary N) is 1. The topological polar surface area (TPSA) is 81.8 Å². The first-order chi connectivity index (χ1) is 11.5. The van der Waals surface area contributed by atoms with E-state index in [1.807, 2.05) is 26.0 Å². The van der Waals surface area contributed by atoms with Crippen LogP contribution in [-0.4, -0.2) is 30.8 Å². The molecule has 1 aromatic rings. The standard InChI is InChI=1S/C19H31NO4/c1-4-23-17-11-7-10-15(18(17)24-5-2)9-6-8-14(3)12-16(13-20)19(21)22/h7,10-11,14,16H,4-6,8-9,12-13,20H2,1-3H3,(H,21,22). The molecule has 5 nitrogen and oxygen atoms in total. The number of carbonyl (C=O) groups is 1. The van der Waals surface area contributed by atoms with Crippen LogP contribution in [0.25, 0.3) is 0 Å². The van der Waals surface area contributed by atoms with Crippen molar-refractivity contribution in [1.82, 2.24) is 0 Å². The summed E-state index contributed by atoms with van der Waals surface area (Å²) in [5, 5.41) is 9.09. The molecule has 0 aliphatic carbocycles. The highest BCUT2D eigenvalue weighted by molar-refractivity contribution is 5.70. The lowest BCUT2D eigenvalue weighted by atomic mass is 9.91. The molecule has 2 unspecified atom stereocenters. The zero-order chi connectivity index (χ0) is 17.9. The van der Waals surface area contributed by atoms with Crippen LogP contribution in [0.4, 0.5) is 0 Å². The van der Waals surface area contributed by atoms with Crippen LogP contribution < -0.4 is 15.2 Å². The lowest BCUT2D eigenvalue weighted by molar-refractivity contribution is -0.141. The SMILES string of the molecule is CCOc1cccc(CCCC(C)CC(CN)C(=O)O)c1OCC. The van der Waals surface area contributed by atoms with Crippen LogP contribution in [0.5, 0.6) is 11.5 Å². The van der Waals surface area contributed by atoms with Gasteiger partial charge in [-0.05, 0) is 50.7 Å². The van der Waals surface area contributed by atoms with Gasteiger partial charge < -0.3 is 20.3 Å². The number of benzene rings is 1. The molecule has 0 fully saturated rings. The van der Waals surface area contributed by atoms with Crippen molar-refractivity contribution in [2.24, 2.45) is 17.6 Å². The molecule has 0 bridgehead atoms. The molecule has 0 saturated carbocycles. The summed E-state index contributed by atoms with van der Waals surface area (Å²) in [6.45, 7) is 7.42. The first-order valence-corrected chi connectivity index (χ1v) is 8.83. The summed E-state index contributed by atoms with van der Waals surface area (Å²) < 4.78 is 11.4. The van der Waals surface area contributed by atoms with Crippen LogP contribution in [0.2, 0.25) is 0 Å². The largest absolute Gasteiger partial charge is 0.490 e. The van der Waals surface area contributed by atoms with Crippen molar-refractivity contribution < 1.29 is 19.4 Å². The van der Waals surface area contributed by atoms with Crippen LogP contribution in [0.15, 0.2) is 18.2 Å². The molecule has 1 rings (SSSR count). The molecule has 0 radical (unpaired) electrons. The van der Waals surface area contributed by atoms with E-state index in [-0.39, 0.29) is 6.54 Å². The fourth-order valence-corrected chi connectivity index (χ4v) is 2.88. The number of ether oxygens (including phenoxy) is 2. The average molecular weight is 337 g/mol. The van der Waals surface area contributed by atoms with Gasteiger partial charge >= 0.3 is 5.97 Å². The van der Waals surface area contributed by atoms with Gasteiger partial charge in [-0.25, -0.2) is 0 Å². The fraction of sp³-hybridized carbons (Fsp3) is 0.632. The molecule has 0 aliphatic heterocycles. The molecule has 0 aromatic heterocycles. The van der Waals surface area contributed by atoms with Crippen LogP contribution in [0.1, 0.15) is 45.6 Å². The first-order valence-electron chi connectivity index (χ1n) is 8.83. The minimum atomic E-state index is -0.799. The van der Waals surface area contributed by atoms with E-state index in [1.165, 1.54) is 0 Å². The summed E-state index contributed by atoms with van der Waals surface area (Å²) in [4.78, 5) is 11.1. The van der Waals surface area contributed by atoms with Crippen molar-refractivity contribution in [2.45, 2.75) is 46.5 Å². The second kappa shape index (κ2) is 10.9. The maximum absolute atomic E-state index is 11.1. The zero-order valence-corrected chi connectivity index (χ0v) is 15.1. The smallest absolute Gasteiger partial charge is 0.307 e. The Morgan fingerprint density at radius 1 is 1.25 bits per heavy atom. The Morgan fingerprint density at radius 3 is 2.54 bits per heavy atom. The Bertz CT molecular complexity index is 504. The Balaban J connectivity index is 2.60. The predicted molar refractivity (Wildman–Crippen MR) is 95.7 cm³/mol. The van der Waals surface area contributed by atoms with Gasteiger partial charge in [-0.2, -0.15) is 0 Å². The van der Waals surface area contributed by atoms with Gasteiger partial charge in [-0.15, -0.1) is 0 Å². The lowest BCUT2D eigenvalue weighted by Crippen LogP contribution is -2.25. The number of aliphatic carboxylic acids is 1. The third kappa shape index (κ3) is 6.40. The lowest BCUT2D eigenvalue weighted by Gasteiger charge is -2.17.